The maximum Gasteiger partial charge on any atom is 0.314 e. The molecule has 1 fully saturated rings. The first-order chi connectivity index (χ1) is 18.5. The Labute approximate surface area is 221 Å². The van der Waals surface area contributed by atoms with Crippen molar-refractivity contribution in [3.05, 3.63) is 46.5 Å². The third-order valence-corrected chi connectivity index (χ3v) is 7.08. The van der Waals surface area contributed by atoms with Crippen LogP contribution in [0.25, 0.3) is 11.1 Å². The molecule has 1 saturated carbocycles. The van der Waals surface area contributed by atoms with Gasteiger partial charge in [0, 0.05) is 0 Å². The van der Waals surface area contributed by atoms with Gasteiger partial charge in [-0.2, -0.15) is 17.6 Å². The van der Waals surface area contributed by atoms with Crippen LogP contribution in [0.15, 0.2) is 0 Å². The van der Waals surface area contributed by atoms with Gasteiger partial charge in [-0.05, 0) is 38.5 Å². The van der Waals surface area contributed by atoms with E-state index in [0.717, 1.165) is 32.1 Å². The molecule has 11 heteroatoms. The highest BCUT2D eigenvalue weighted by Gasteiger charge is 2.37. The highest BCUT2D eigenvalue weighted by Crippen LogP contribution is 2.42. The molecule has 0 aromatic heterocycles. The quantitative estimate of drug-likeness (QED) is 0.0896. The van der Waals surface area contributed by atoms with E-state index in [0.29, 0.717) is 31.6 Å². The molecule has 0 aliphatic heterocycles. The van der Waals surface area contributed by atoms with Crippen LogP contribution in [0.2, 0.25) is 0 Å². The van der Waals surface area contributed by atoms with Crippen LogP contribution in [-0.4, -0.2) is 12.6 Å². The largest absolute Gasteiger partial charge is 0.488 e. The Bertz CT molecular complexity index is 1130. The highest BCUT2D eigenvalue weighted by atomic mass is 19.2. The van der Waals surface area contributed by atoms with Crippen molar-refractivity contribution in [3.8, 4) is 22.6 Å². The maximum absolute atomic E-state index is 14.8. The Balaban J connectivity index is 1.81. The van der Waals surface area contributed by atoms with E-state index in [9.17, 15) is 39.9 Å². The molecular weight excluding hydrogens is 536 g/mol. The van der Waals surface area contributed by atoms with Crippen molar-refractivity contribution in [1.29, 1.82) is 0 Å². The number of halogens is 8. The third kappa shape index (κ3) is 6.49. The van der Waals surface area contributed by atoms with Crippen LogP contribution in [0.4, 0.5) is 35.1 Å². The van der Waals surface area contributed by atoms with Gasteiger partial charge in [0.15, 0.2) is 29.0 Å². The Morgan fingerprint density at radius 2 is 1.10 bits per heavy atom. The molecule has 1 aliphatic carbocycles. The van der Waals surface area contributed by atoms with E-state index in [1.807, 2.05) is 0 Å². The van der Waals surface area contributed by atoms with Crippen molar-refractivity contribution in [3.63, 3.8) is 0 Å². The summed E-state index contributed by atoms with van der Waals surface area (Å²) < 4.78 is 126. The van der Waals surface area contributed by atoms with E-state index in [1.54, 1.807) is 0 Å². The zero-order valence-corrected chi connectivity index (χ0v) is 21.7. The molecule has 2 aromatic carbocycles. The molecule has 216 valence electrons. The molecule has 1 aliphatic rings. The summed E-state index contributed by atoms with van der Waals surface area (Å²) >= 11 is 0. The predicted octanol–water partition coefficient (Wildman–Crippen LogP) is 8.94. The number of hydrogen-bond acceptors (Lipinski definition) is 3. The fourth-order valence-corrected chi connectivity index (χ4v) is 4.93. The molecule has 0 saturated heterocycles. The molecule has 2 aromatic rings. The number of unbranched alkanes of at least 4 members (excludes halogenated alkanes) is 4. The summed E-state index contributed by atoms with van der Waals surface area (Å²) in [5.74, 6) is -23.1. The fraction of sp³-hybridized carbons (Fsp3) is 0.536. The number of benzene rings is 2. The van der Waals surface area contributed by atoms with E-state index >= 15 is 0 Å². The van der Waals surface area contributed by atoms with E-state index in [4.69, 9.17) is 0 Å². The van der Waals surface area contributed by atoms with Crippen molar-refractivity contribution < 1.29 is 49.4 Å². The molecule has 3 rings (SSSR count). The van der Waals surface area contributed by atoms with Crippen molar-refractivity contribution >= 4 is 5.97 Å². The first-order valence-corrected chi connectivity index (χ1v) is 13.1. The van der Waals surface area contributed by atoms with Crippen LogP contribution in [0.3, 0.4) is 0 Å². The monoisotopic (exact) mass is 566 g/mol. The molecule has 0 N–H and O–H groups in total. The first kappa shape index (κ1) is 30.7. The predicted molar refractivity (Wildman–Crippen MR) is 127 cm³/mol. The average molecular weight is 567 g/mol. The minimum absolute atomic E-state index is 0.353. The lowest BCUT2D eigenvalue weighted by atomic mass is 9.80. The Morgan fingerprint density at radius 1 is 0.641 bits per heavy atom. The zero-order chi connectivity index (χ0) is 28.9. The first-order valence-electron chi connectivity index (χ1n) is 13.1. The van der Waals surface area contributed by atoms with Gasteiger partial charge in [-0.3, -0.25) is 4.79 Å². The van der Waals surface area contributed by atoms with Crippen molar-refractivity contribution in [2.24, 2.45) is 11.8 Å². The number of carbonyl (C=O) groups is 1. The summed E-state index contributed by atoms with van der Waals surface area (Å²) in [6.07, 6.45) is 8.69. The molecule has 39 heavy (non-hydrogen) atoms. The molecule has 0 heterocycles. The second-order valence-electron chi connectivity index (χ2n) is 9.69. The summed E-state index contributed by atoms with van der Waals surface area (Å²) in [4.78, 5) is 12.6. The minimum Gasteiger partial charge on any atom is -0.488 e. The number of carbonyl (C=O) groups excluding carboxylic acids is 1. The molecule has 0 bridgehead atoms. The number of esters is 1. The normalized spacial score (nSPS) is 17.4. The van der Waals surface area contributed by atoms with Gasteiger partial charge < -0.3 is 9.47 Å². The lowest BCUT2D eigenvalue weighted by Crippen LogP contribution is -2.26. The number of hydrogen-bond donors (Lipinski definition) is 0. The number of rotatable bonds is 11. The lowest BCUT2D eigenvalue weighted by molar-refractivity contribution is -0.140. The SMILES string of the molecule is CCCCCCC[C@H]1CC[C@H](C(=O)Oc2c(F)c(F)c(-c3c(F)c(F)c(OCC)c(F)c3F)c(F)c2F)CC1. The third-order valence-electron chi connectivity index (χ3n) is 7.08. The van der Waals surface area contributed by atoms with Crippen LogP contribution in [0.1, 0.15) is 78.1 Å². The standard InChI is InChI=1S/C28H30F8O3/c1-3-5-6-7-8-9-14-10-12-15(13-11-14)28(37)39-27-24(35)20(31)17(21(32)25(27)36)16-18(29)22(33)26(38-4-2)23(34)19(16)30/h14-15H,3-13H2,1-2H3/t14-,15-. The summed E-state index contributed by atoms with van der Waals surface area (Å²) in [6, 6.07) is 0. The average Bonchev–Trinajstić information content (AvgIpc) is 2.93. The highest BCUT2D eigenvalue weighted by molar-refractivity contribution is 5.76. The van der Waals surface area contributed by atoms with Crippen LogP contribution < -0.4 is 9.47 Å². The van der Waals surface area contributed by atoms with Crippen molar-refractivity contribution in [1.82, 2.24) is 0 Å². The summed E-state index contributed by atoms with van der Waals surface area (Å²) in [5, 5.41) is 0. The van der Waals surface area contributed by atoms with Crippen LogP contribution in [0.5, 0.6) is 11.5 Å². The van der Waals surface area contributed by atoms with Gasteiger partial charge in [0.1, 0.15) is 0 Å². The molecule has 0 radical (unpaired) electrons. The van der Waals surface area contributed by atoms with Crippen LogP contribution in [-0.2, 0) is 4.79 Å². The Morgan fingerprint density at radius 3 is 1.56 bits per heavy atom. The molecule has 3 nitrogen and oxygen atoms in total. The second kappa shape index (κ2) is 13.5. The van der Waals surface area contributed by atoms with Crippen molar-refractivity contribution in [2.45, 2.75) is 78.1 Å². The Kier molecular flexibility index (Phi) is 10.6. The van der Waals surface area contributed by atoms with E-state index in [-0.39, 0.29) is 0 Å². The van der Waals surface area contributed by atoms with Crippen LogP contribution in [0, 0.1) is 58.4 Å². The van der Waals surface area contributed by atoms with Gasteiger partial charge in [0.05, 0.1) is 23.7 Å². The van der Waals surface area contributed by atoms with Crippen LogP contribution >= 0.6 is 0 Å². The lowest BCUT2D eigenvalue weighted by Gasteiger charge is -2.27. The van der Waals surface area contributed by atoms with Gasteiger partial charge in [0.2, 0.25) is 29.0 Å². The van der Waals surface area contributed by atoms with Gasteiger partial charge >= 0.3 is 5.97 Å². The summed E-state index contributed by atoms with van der Waals surface area (Å²) in [5.41, 5.74) is -4.06. The molecule has 0 atom stereocenters. The summed E-state index contributed by atoms with van der Waals surface area (Å²) in [6.45, 7) is 2.95. The minimum atomic E-state index is -2.40. The van der Waals surface area contributed by atoms with Gasteiger partial charge in [-0.1, -0.05) is 45.4 Å². The molecule has 0 amide bonds. The number of ether oxygens (including phenoxy) is 2. The smallest absolute Gasteiger partial charge is 0.314 e. The van der Waals surface area contributed by atoms with Gasteiger partial charge in [0.25, 0.3) is 0 Å². The maximum atomic E-state index is 14.8. The van der Waals surface area contributed by atoms with E-state index in [2.05, 4.69) is 16.4 Å². The molecule has 0 unspecified atom stereocenters. The molecule has 0 spiro atoms. The fourth-order valence-electron chi connectivity index (χ4n) is 4.93. The topological polar surface area (TPSA) is 35.5 Å². The van der Waals surface area contributed by atoms with Gasteiger partial charge in [-0.25, -0.2) is 17.6 Å². The van der Waals surface area contributed by atoms with E-state index < -0.39 is 87.7 Å². The second-order valence-corrected chi connectivity index (χ2v) is 9.69. The van der Waals surface area contributed by atoms with E-state index in [1.165, 1.54) is 13.3 Å². The Hall–Kier alpha value is -2.85. The van der Waals surface area contributed by atoms with Gasteiger partial charge in [-0.15, -0.1) is 0 Å². The molecular formula is C28H30F8O3. The van der Waals surface area contributed by atoms with Crippen molar-refractivity contribution in [2.75, 3.05) is 6.61 Å². The zero-order valence-electron chi connectivity index (χ0n) is 21.7. The summed E-state index contributed by atoms with van der Waals surface area (Å²) in [7, 11) is 0.